The lowest BCUT2D eigenvalue weighted by molar-refractivity contribution is -0.122. The topological polar surface area (TPSA) is 77.2 Å². The Morgan fingerprint density at radius 3 is 3.00 bits per heavy atom. The van der Waals surface area contributed by atoms with Gasteiger partial charge in [-0.3, -0.25) is 4.79 Å². The van der Waals surface area contributed by atoms with Gasteiger partial charge in [-0.15, -0.1) is 11.3 Å². The molecule has 3 rings (SSSR count). The normalized spacial score (nSPS) is 23.3. The quantitative estimate of drug-likeness (QED) is 0.866. The average Bonchev–Trinajstić information content (AvgIpc) is 3.02. The van der Waals surface area contributed by atoms with Crippen molar-refractivity contribution in [1.82, 2.24) is 4.98 Å². The van der Waals surface area contributed by atoms with E-state index in [4.69, 9.17) is 10.5 Å². The Hall–Kier alpha value is -1.99. The first-order valence-electron chi connectivity index (χ1n) is 8.30. The third kappa shape index (κ3) is 3.82. The van der Waals surface area contributed by atoms with Crippen molar-refractivity contribution >= 4 is 22.4 Å². The summed E-state index contributed by atoms with van der Waals surface area (Å²) in [7, 11) is 1.52. The van der Waals surface area contributed by atoms with Gasteiger partial charge in [0.15, 0.2) is 5.13 Å². The van der Waals surface area contributed by atoms with Crippen LogP contribution in [0.5, 0.6) is 5.75 Å². The van der Waals surface area contributed by atoms with Crippen molar-refractivity contribution in [2.24, 2.45) is 11.7 Å². The number of amides is 1. The summed E-state index contributed by atoms with van der Waals surface area (Å²) >= 11 is 1.30. The molecular weight excluding hydrogens is 341 g/mol. The standard InChI is InChI=1S/C18H22FN3O2S/c1-18(20)8-4-3-5-13(18)16(23)22-17-21-14(10-25-17)12-9-11(19)6-7-15(12)24-2/h6-7,9-10,13H,3-5,8,20H2,1-2H3,(H,21,22,23). The molecule has 0 spiro atoms. The second kappa shape index (κ2) is 7.09. The minimum absolute atomic E-state index is 0.100. The van der Waals surface area contributed by atoms with Crippen molar-refractivity contribution in [1.29, 1.82) is 0 Å². The average molecular weight is 363 g/mol. The zero-order valence-corrected chi connectivity index (χ0v) is 15.2. The van der Waals surface area contributed by atoms with Crippen LogP contribution in [-0.4, -0.2) is 23.5 Å². The molecule has 1 aromatic heterocycles. The lowest BCUT2D eigenvalue weighted by Gasteiger charge is -2.36. The predicted octanol–water partition coefficient (Wildman–Crippen LogP) is 3.80. The van der Waals surface area contributed by atoms with E-state index in [0.29, 0.717) is 22.1 Å². The van der Waals surface area contributed by atoms with E-state index in [9.17, 15) is 9.18 Å². The van der Waals surface area contributed by atoms with Gasteiger partial charge in [-0.2, -0.15) is 0 Å². The molecule has 3 N–H and O–H groups in total. The summed E-state index contributed by atoms with van der Waals surface area (Å²) < 4.78 is 18.8. The molecule has 1 saturated carbocycles. The first-order valence-corrected chi connectivity index (χ1v) is 9.18. The highest BCUT2D eigenvalue weighted by Crippen LogP contribution is 2.35. The minimum atomic E-state index is -0.492. The van der Waals surface area contributed by atoms with Crippen molar-refractivity contribution in [3.05, 3.63) is 29.4 Å². The van der Waals surface area contributed by atoms with Gasteiger partial charge in [0.25, 0.3) is 0 Å². The lowest BCUT2D eigenvalue weighted by Crippen LogP contribution is -2.51. The molecule has 0 bridgehead atoms. The van der Waals surface area contributed by atoms with E-state index in [2.05, 4.69) is 10.3 Å². The van der Waals surface area contributed by atoms with Crippen LogP contribution >= 0.6 is 11.3 Å². The Kier molecular flexibility index (Phi) is 5.06. The third-order valence-corrected chi connectivity index (χ3v) is 5.50. The number of methoxy groups -OCH3 is 1. The molecule has 1 aromatic carbocycles. The van der Waals surface area contributed by atoms with E-state index in [1.54, 1.807) is 11.4 Å². The molecule has 25 heavy (non-hydrogen) atoms. The van der Waals surface area contributed by atoms with E-state index >= 15 is 0 Å². The zero-order valence-electron chi connectivity index (χ0n) is 14.3. The van der Waals surface area contributed by atoms with Crippen LogP contribution in [0.15, 0.2) is 23.6 Å². The summed E-state index contributed by atoms with van der Waals surface area (Å²) in [5, 5.41) is 5.12. The van der Waals surface area contributed by atoms with E-state index in [-0.39, 0.29) is 17.6 Å². The molecule has 1 heterocycles. The number of benzene rings is 1. The van der Waals surface area contributed by atoms with E-state index in [0.717, 1.165) is 25.7 Å². The zero-order chi connectivity index (χ0) is 18.0. The van der Waals surface area contributed by atoms with Crippen LogP contribution in [0.4, 0.5) is 9.52 Å². The van der Waals surface area contributed by atoms with E-state index < -0.39 is 5.54 Å². The molecule has 1 fully saturated rings. The number of nitrogens with two attached hydrogens (primary N) is 1. The van der Waals surface area contributed by atoms with Crippen molar-refractivity contribution in [3.63, 3.8) is 0 Å². The number of thiazole rings is 1. The number of nitrogens with one attached hydrogen (secondary N) is 1. The number of aromatic nitrogens is 1. The SMILES string of the molecule is COc1ccc(F)cc1-c1csc(NC(=O)C2CCCCC2(C)N)n1. The molecule has 2 atom stereocenters. The Morgan fingerprint density at radius 2 is 2.28 bits per heavy atom. The Bertz CT molecular complexity index is 775. The van der Waals surface area contributed by atoms with E-state index in [1.165, 1.54) is 30.6 Å². The number of hydrogen-bond acceptors (Lipinski definition) is 5. The van der Waals surface area contributed by atoms with Gasteiger partial charge >= 0.3 is 0 Å². The van der Waals surface area contributed by atoms with Gasteiger partial charge in [0, 0.05) is 16.5 Å². The molecule has 2 aromatic rings. The van der Waals surface area contributed by atoms with Gasteiger partial charge in [0.1, 0.15) is 11.6 Å². The van der Waals surface area contributed by atoms with Crippen LogP contribution in [-0.2, 0) is 4.79 Å². The highest BCUT2D eigenvalue weighted by Gasteiger charge is 2.38. The van der Waals surface area contributed by atoms with Crippen LogP contribution < -0.4 is 15.8 Å². The first kappa shape index (κ1) is 17.8. The summed E-state index contributed by atoms with van der Waals surface area (Å²) in [5.74, 6) is -0.156. The van der Waals surface area contributed by atoms with Crippen LogP contribution in [0.2, 0.25) is 0 Å². The van der Waals surface area contributed by atoms with Gasteiger partial charge in [-0.25, -0.2) is 9.37 Å². The summed E-state index contributed by atoms with van der Waals surface area (Å²) in [6.45, 7) is 1.93. The van der Waals surface area contributed by atoms with Crippen molar-refractivity contribution in [3.8, 4) is 17.0 Å². The molecule has 2 unspecified atom stereocenters. The highest BCUT2D eigenvalue weighted by atomic mass is 32.1. The molecule has 1 amide bonds. The maximum atomic E-state index is 13.6. The molecular formula is C18H22FN3O2S. The number of carbonyl (C=O) groups excluding carboxylic acids is 1. The number of halogens is 1. The number of nitrogens with zero attached hydrogens (tertiary/aromatic N) is 1. The number of ether oxygens (including phenoxy) is 1. The second-order valence-corrected chi connectivity index (χ2v) is 7.53. The van der Waals surface area contributed by atoms with Crippen molar-refractivity contribution < 1.29 is 13.9 Å². The first-order chi connectivity index (χ1) is 11.9. The highest BCUT2D eigenvalue weighted by molar-refractivity contribution is 7.14. The monoisotopic (exact) mass is 363 g/mol. The van der Waals surface area contributed by atoms with Gasteiger partial charge in [-0.1, -0.05) is 12.8 Å². The van der Waals surface area contributed by atoms with Crippen LogP contribution in [0.3, 0.4) is 0 Å². The molecule has 1 aliphatic rings. The van der Waals surface area contributed by atoms with Crippen LogP contribution in [0, 0.1) is 11.7 Å². The summed E-state index contributed by atoms with van der Waals surface area (Å²) in [5.41, 5.74) is 6.92. The van der Waals surface area contributed by atoms with Gasteiger partial charge < -0.3 is 15.8 Å². The fraction of sp³-hybridized carbons (Fsp3) is 0.444. The van der Waals surface area contributed by atoms with Gasteiger partial charge in [-0.05, 0) is 38.0 Å². The molecule has 0 aliphatic heterocycles. The number of carbonyl (C=O) groups is 1. The fourth-order valence-electron chi connectivity index (χ4n) is 3.32. The smallest absolute Gasteiger partial charge is 0.231 e. The molecule has 5 nitrogen and oxygen atoms in total. The van der Waals surface area contributed by atoms with Gasteiger partial charge in [0.05, 0.1) is 18.7 Å². The Morgan fingerprint density at radius 1 is 1.48 bits per heavy atom. The summed E-state index contributed by atoms with van der Waals surface area (Å²) in [6.07, 6.45) is 3.69. The maximum absolute atomic E-state index is 13.6. The molecule has 0 radical (unpaired) electrons. The number of anilines is 1. The largest absolute Gasteiger partial charge is 0.496 e. The minimum Gasteiger partial charge on any atom is -0.496 e. The lowest BCUT2D eigenvalue weighted by atomic mass is 9.74. The molecule has 134 valence electrons. The van der Waals surface area contributed by atoms with E-state index in [1.807, 2.05) is 6.92 Å². The fourth-order valence-corrected chi connectivity index (χ4v) is 4.03. The molecule has 7 heteroatoms. The van der Waals surface area contributed by atoms with Crippen molar-refractivity contribution in [2.45, 2.75) is 38.1 Å². The maximum Gasteiger partial charge on any atom is 0.231 e. The Labute approximate surface area is 150 Å². The predicted molar refractivity (Wildman–Crippen MR) is 97.2 cm³/mol. The van der Waals surface area contributed by atoms with Crippen molar-refractivity contribution in [2.75, 3.05) is 12.4 Å². The van der Waals surface area contributed by atoms with Crippen LogP contribution in [0.25, 0.3) is 11.3 Å². The molecule has 1 aliphatic carbocycles. The summed E-state index contributed by atoms with van der Waals surface area (Å²) in [6, 6.07) is 4.27. The Balaban J connectivity index is 1.78. The third-order valence-electron chi connectivity index (χ3n) is 4.74. The number of hydrogen-bond donors (Lipinski definition) is 2. The summed E-state index contributed by atoms with van der Waals surface area (Å²) in [4.78, 5) is 17.0. The van der Waals surface area contributed by atoms with Crippen LogP contribution in [0.1, 0.15) is 32.6 Å². The van der Waals surface area contributed by atoms with Gasteiger partial charge in [0.2, 0.25) is 5.91 Å². The number of rotatable bonds is 4. The molecule has 0 saturated heterocycles. The second-order valence-electron chi connectivity index (χ2n) is 6.68.